The Kier molecular flexibility index (Phi) is 3.77. The van der Waals surface area contributed by atoms with E-state index in [-0.39, 0.29) is 5.92 Å². The number of methoxy groups -OCH3 is 1. The van der Waals surface area contributed by atoms with Crippen molar-refractivity contribution in [3.63, 3.8) is 0 Å². The number of carbonyl (C=O) groups excluding carboxylic acids is 1. The van der Waals surface area contributed by atoms with E-state index in [1.165, 1.54) is 22.9 Å². The van der Waals surface area contributed by atoms with Crippen LogP contribution in [0.25, 0.3) is 0 Å². The van der Waals surface area contributed by atoms with Crippen LogP contribution in [0.3, 0.4) is 0 Å². The van der Waals surface area contributed by atoms with Gasteiger partial charge in [0.25, 0.3) is 0 Å². The van der Waals surface area contributed by atoms with Crippen LogP contribution >= 0.6 is 11.8 Å². The van der Waals surface area contributed by atoms with Gasteiger partial charge in [0.05, 0.1) is 7.11 Å². The summed E-state index contributed by atoms with van der Waals surface area (Å²) in [6.45, 7) is 4.08. The monoisotopic (exact) mass is 250 g/mol. The lowest BCUT2D eigenvalue weighted by Crippen LogP contribution is -2.21. The fourth-order valence-corrected chi connectivity index (χ4v) is 3.35. The smallest absolute Gasteiger partial charge is 0.191 e. The molecule has 1 saturated heterocycles. The highest BCUT2D eigenvalue weighted by molar-refractivity contribution is 8.13. The van der Waals surface area contributed by atoms with Crippen molar-refractivity contribution in [2.75, 3.05) is 12.9 Å². The number of benzene rings is 1. The Labute approximate surface area is 107 Å². The molecule has 1 heterocycles. The van der Waals surface area contributed by atoms with E-state index < -0.39 is 0 Å². The third kappa shape index (κ3) is 2.65. The largest absolute Gasteiger partial charge is 0.496 e. The van der Waals surface area contributed by atoms with Crippen LogP contribution in [-0.4, -0.2) is 18.0 Å². The van der Waals surface area contributed by atoms with Gasteiger partial charge in [0.1, 0.15) is 5.75 Å². The number of carbonyl (C=O) groups is 1. The molecule has 1 aliphatic rings. The zero-order valence-corrected chi connectivity index (χ0v) is 11.3. The third-order valence-electron chi connectivity index (χ3n) is 3.30. The molecular formula is C14H18O2S. The van der Waals surface area contributed by atoms with E-state index in [9.17, 15) is 4.79 Å². The van der Waals surface area contributed by atoms with E-state index in [2.05, 4.69) is 25.1 Å². The molecule has 1 aromatic carbocycles. The number of rotatable bonds is 2. The van der Waals surface area contributed by atoms with E-state index in [1.807, 2.05) is 6.92 Å². The average molecular weight is 250 g/mol. The maximum atomic E-state index is 11.5. The summed E-state index contributed by atoms with van der Waals surface area (Å²) in [6, 6.07) is 6.33. The second-order valence-corrected chi connectivity index (χ2v) is 5.73. The van der Waals surface area contributed by atoms with Gasteiger partial charge in [-0.05, 0) is 36.5 Å². The summed E-state index contributed by atoms with van der Waals surface area (Å²) in [7, 11) is 1.71. The molecule has 2 rings (SSSR count). The standard InChI is InChI=1S/C14H18O2S/c1-9-4-5-12(13(6-9)16-3)11-7-10(2)14(15)17-8-11/h4-6,10-11H,7-8H2,1-3H3/t10-,11+/m1/s1. The van der Waals surface area contributed by atoms with E-state index >= 15 is 0 Å². The number of hydrogen-bond donors (Lipinski definition) is 0. The Morgan fingerprint density at radius 2 is 2.18 bits per heavy atom. The first-order valence-electron chi connectivity index (χ1n) is 5.93. The van der Waals surface area contributed by atoms with Crippen molar-refractivity contribution in [2.24, 2.45) is 5.92 Å². The van der Waals surface area contributed by atoms with Crippen molar-refractivity contribution >= 4 is 16.9 Å². The second kappa shape index (κ2) is 5.13. The summed E-state index contributed by atoms with van der Waals surface area (Å²) >= 11 is 1.46. The molecule has 2 nitrogen and oxygen atoms in total. The SMILES string of the molecule is COc1cc(C)ccc1[C@@H]1CSC(=O)[C@H](C)C1. The Bertz CT molecular complexity index is 428. The van der Waals surface area contributed by atoms with Crippen molar-refractivity contribution in [2.45, 2.75) is 26.2 Å². The molecule has 0 N–H and O–H groups in total. The topological polar surface area (TPSA) is 26.3 Å². The van der Waals surface area contributed by atoms with Crippen LogP contribution in [0.5, 0.6) is 5.75 Å². The van der Waals surface area contributed by atoms with Crippen LogP contribution in [0, 0.1) is 12.8 Å². The predicted molar refractivity (Wildman–Crippen MR) is 71.7 cm³/mol. The normalized spacial score (nSPS) is 24.8. The highest BCUT2D eigenvalue weighted by atomic mass is 32.2. The van der Waals surface area contributed by atoms with Gasteiger partial charge in [0.2, 0.25) is 0 Å². The molecular weight excluding hydrogens is 232 g/mol. The van der Waals surface area contributed by atoms with Crippen molar-refractivity contribution in [1.29, 1.82) is 0 Å². The lowest BCUT2D eigenvalue weighted by molar-refractivity contribution is -0.114. The van der Waals surface area contributed by atoms with Crippen LogP contribution < -0.4 is 4.74 Å². The van der Waals surface area contributed by atoms with Gasteiger partial charge in [-0.25, -0.2) is 0 Å². The van der Waals surface area contributed by atoms with Gasteiger partial charge in [-0.2, -0.15) is 0 Å². The third-order valence-corrected chi connectivity index (χ3v) is 4.55. The minimum absolute atomic E-state index is 0.157. The number of ether oxygens (including phenoxy) is 1. The lowest BCUT2D eigenvalue weighted by atomic mass is 9.90. The highest BCUT2D eigenvalue weighted by Crippen LogP contribution is 2.39. The van der Waals surface area contributed by atoms with Crippen LogP contribution in [0.4, 0.5) is 0 Å². The first-order chi connectivity index (χ1) is 8.11. The van der Waals surface area contributed by atoms with Gasteiger partial charge < -0.3 is 4.74 Å². The minimum Gasteiger partial charge on any atom is -0.496 e. The summed E-state index contributed by atoms with van der Waals surface area (Å²) < 4.78 is 5.45. The van der Waals surface area contributed by atoms with Crippen LogP contribution in [-0.2, 0) is 4.79 Å². The Balaban J connectivity index is 2.25. The van der Waals surface area contributed by atoms with Crippen molar-refractivity contribution in [3.05, 3.63) is 29.3 Å². The molecule has 0 aliphatic carbocycles. The quantitative estimate of drug-likeness (QED) is 0.805. The zero-order valence-electron chi connectivity index (χ0n) is 10.5. The Morgan fingerprint density at radius 1 is 1.41 bits per heavy atom. The molecule has 0 amide bonds. The van der Waals surface area contributed by atoms with Gasteiger partial charge in [0, 0.05) is 11.7 Å². The Hall–Kier alpha value is -0.960. The molecule has 1 aliphatic heterocycles. The van der Waals surface area contributed by atoms with Crippen molar-refractivity contribution in [1.82, 2.24) is 0 Å². The highest BCUT2D eigenvalue weighted by Gasteiger charge is 2.28. The van der Waals surface area contributed by atoms with E-state index in [4.69, 9.17) is 4.74 Å². The first-order valence-corrected chi connectivity index (χ1v) is 6.91. The maximum Gasteiger partial charge on any atom is 0.191 e. The maximum absolute atomic E-state index is 11.5. The molecule has 2 atom stereocenters. The molecule has 0 radical (unpaired) electrons. The fraction of sp³-hybridized carbons (Fsp3) is 0.500. The molecule has 0 aromatic heterocycles. The van der Waals surface area contributed by atoms with Crippen molar-refractivity contribution < 1.29 is 9.53 Å². The minimum atomic E-state index is 0.157. The summed E-state index contributed by atoms with van der Waals surface area (Å²) in [5.41, 5.74) is 2.45. The molecule has 17 heavy (non-hydrogen) atoms. The molecule has 92 valence electrons. The van der Waals surface area contributed by atoms with Gasteiger partial charge in [0.15, 0.2) is 5.12 Å². The predicted octanol–water partition coefficient (Wildman–Crippen LogP) is 3.39. The van der Waals surface area contributed by atoms with Gasteiger partial charge in [-0.1, -0.05) is 30.8 Å². The average Bonchev–Trinajstić information content (AvgIpc) is 2.32. The van der Waals surface area contributed by atoms with Crippen LogP contribution in [0.1, 0.15) is 30.4 Å². The Morgan fingerprint density at radius 3 is 2.82 bits per heavy atom. The molecule has 1 aromatic rings. The summed E-state index contributed by atoms with van der Waals surface area (Å²) in [5, 5.41) is 0.326. The van der Waals surface area contributed by atoms with Crippen LogP contribution in [0.15, 0.2) is 18.2 Å². The molecule has 1 fully saturated rings. The summed E-state index contributed by atoms with van der Waals surface area (Å²) in [4.78, 5) is 11.5. The first kappa shape index (κ1) is 12.5. The molecule has 3 heteroatoms. The molecule has 0 saturated carbocycles. The molecule has 0 bridgehead atoms. The lowest BCUT2D eigenvalue weighted by Gasteiger charge is -2.26. The number of aryl methyl sites for hydroxylation is 1. The zero-order chi connectivity index (χ0) is 12.4. The molecule has 0 unspecified atom stereocenters. The summed E-state index contributed by atoms with van der Waals surface area (Å²) in [5.74, 6) is 2.42. The van der Waals surface area contributed by atoms with Crippen molar-refractivity contribution in [3.8, 4) is 5.75 Å². The summed E-state index contributed by atoms with van der Waals surface area (Å²) in [6.07, 6.45) is 0.936. The van der Waals surface area contributed by atoms with Gasteiger partial charge in [-0.15, -0.1) is 0 Å². The van der Waals surface area contributed by atoms with Gasteiger partial charge >= 0.3 is 0 Å². The van der Waals surface area contributed by atoms with E-state index in [1.54, 1.807) is 7.11 Å². The van der Waals surface area contributed by atoms with Crippen LogP contribution in [0.2, 0.25) is 0 Å². The number of hydrogen-bond acceptors (Lipinski definition) is 3. The van der Waals surface area contributed by atoms with E-state index in [0.717, 1.165) is 17.9 Å². The number of thioether (sulfide) groups is 1. The molecule has 0 spiro atoms. The second-order valence-electron chi connectivity index (χ2n) is 4.71. The fourth-order valence-electron chi connectivity index (χ4n) is 2.29. The van der Waals surface area contributed by atoms with Gasteiger partial charge in [-0.3, -0.25) is 4.79 Å². The van der Waals surface area contributed by atoms with E-state index in [0.29, 0.717) is 11.0 Å².